The molecule has 0 spiro atoms. The fourth-order valence-electron chi connectivity index (χ4n) is 3.43. The quantitative estimate of drug-likeness (QED) is 0.855. The van der Waals surface area contributed by atoms with Crippen molar-refractivity contribution >= 4 is 11.3 Å². The summed E-state index contributed by atoms with van der Waals surface area (Å²) < 4.78 is 0. The third kappa shape index (κ3) is 1.71. The first-order chi connectivity index (χ1) is 7.75. The third-order valence-corrected chi connectivity index (χ3v) is 5.17. The molecule has 0 aromatic carbocycles. The fraction of sp³-hybridized carbons (Fsp3) is 0.692. The molecule has 2 aliphatic rings. The van der Waals surface area contributed by atoms with Crippen molar-refractivity contribution in [3.63, 3.8) is 0 Å². The SMILES string of the molecule is CN1C2CCC1CC(C(O)c1ccsc1)C2. The van der Waals surface area contributed by atoms with E-state index in [9.17, 15) is 5.11 Å². The highest BCUT2D eigenvalue weighted by molar-refractivity contribution is 7.07. The molecule has 0 aliphatic carbocycles. The van der Waals surface area contributed by atoms with Crippen LogP contribution in [0.25, 0.3) is 0 Å². The molecule has 2 bridgehead atoms. The summed E-state index contributed by atoms with van der Waals surface area (Å²) in [5, 5.41) is 14.5. The maximum absolute atomic E-state index is 10.4. The molecular formula is C13H19NOS. The molecule has 0 amide bonds. The number of rotatable bonds is 2. The van der Waals surface area contributed by atoms with Gasteiger partial charge >= 0.3 is 0 Å². The molecule has 3 unspecified atom stereocenters. The van der Waals surface area contributed by atoms with Crippen molar-refractivity contribution in [2.45, 2.75) is 43.9 Å². The molecule has 1 aromatic rings. The lowest BCUT2D eigenvalue weighted by Crippen LogP contribution is -2.41. The lowest BCUT2D eigenvalue weighted by Gasteiger charge is -2.38. The van der Waals surface area contributed by atoms with Gasteiger partial charge < -0.3 is 10.0 Å². The summed E-state index contributed by atoms with van der Waals surface area (Å²) in [5.74, 6) is 0.475. The Morgan fingerprint density at radius 3 is 2.62 bits per heavy atom. The van der Waals surface area contributed by atoms with Crippen LogP contribution in [0.2, 0.25) is 0 Å². The molecule has 2 aliphatic heterocycles. The van der Waals surface area contributed by atoms with Crippen LogP contribution in [-0.4, -0.2) is 29.1 Å². The average molecular weight is 237 g/mol. The molecule has 1 N–H and O–H groups in total. The van der Waals surface area contributed by atoms with Gasteiger partial charge in [-0.1, -0.05) is 0 Å². The third-order valence-electron chi connectivity index (χ3n) is 4.47. The van der Waals surface area contributed by atoms with E-state index in [2.05, 4.69) is 28.8 Å². The second-order valence-electron chi connectivity index (χ2n) is 5.28. The maximum Gasteiger partial charge on any atom is 0.0827 e. The molecule has 3 rings (SSSR count). The van der Waals surface area contributed by atoms with Gasteiger partial charge in [0.2, 0.25) is 0 Å². The molecule has 0 radical (unpaired) electrons. The van der Waals surface area contributed by atoms with E-state index in [4.69, 9.17) is 0 Å². The summed E-state index contributed by atoms with van der Waals surface area (Å²) in [6.45, 7) is 0. The predicted molar refractivity (Wildman–Crippen MR) is 66.6 cm³/mol. The highest BCUT2D eigenvalue weighted by Gasteiger charge is 2.40. The Hall–Kier alpha value is -0.380. The molecular weight excluding hydrogens is 218 g/mol. The predicted octanol–water partition coefficient (Wildman–Crippen LogP) is 2.65. The highest BCUT2D eigenvalue weighted by Crippen LogP contribution is 2.42. The minimum Gasteiger partial charge on any atom is -0.388 e. The number of thiophene rings is 1. The van der Waals surface area contributed by atoms with Crippen LogP contribution in [0.15, 0.2) is 16.8 Å². The van der Waals surface area contributed by atoms with Crippen LogP contribution in [0.4, 0.5) is 0 Å². The minimum absolute atomic E-state index is 0.233. The van der Waals surface area contributed by atoms with Gasteiger partial charge in [-0.15, -0.1) is 0 Å². The Balaban J connectivity index is 1.73. The summed E-state index contributed by atoms with van der Waals surface area (Å²) in [4.78, 5) is 2.52. The number of hydrogen-bond acceptors (Lipinski definition) is 3. The molecule has 3 heteroatoms. The normalized spacial score (nSPS) is 36.5. The Kier molecular flexibility index (Phi) is 2.78. The van der Waals surface area contributed by atoms with Gasteiger partial charge in [-0.05, 0) is 61.0 Å². The fourth-order valence-corrected chi connectivity index (χ4v) is 4.12. The zero-order valence-electron chi connectivity index (χ0n) is 9.67. The van der Waals surface area contributed by atoms with E-state index in [-0.39, 0.29) is 6.10 Å². The summed E-state index contributed by atoms with van der Waals surface area (Å²) in [6.07, 6.45) is 4.76. The zero-order chi connectivity index (χ0) is 11.1. The first-order valence-electron chi connectivity index (χ1n) is 6.18. The highest BCUT2D eigenvalue weighted by atomic mass is 32.1. The smallest absolute Gasteiger partial charge is 0.0827 e. The Bertz CT molecular complexity index is 337. The van der Waals surface area contributed by atoms with E-state index in [1.807, 2.05) is 0 Å². The van der Waals surface area contributed by atoms with Crippen molar-refractivity contribution in [3.05, 3.63) is 22.4 Å². The monoisotopic (exact) mass is 237 g/mol. The standard InChI is InChI=1S/C13H19NOS/c1-14-11-2-3-12(14)7-10(6-11)13(15)9-4-5-16-8-9/h4-5,8,10-13,15H,2-3,6-7H2,1H3. The van der Waals surface area contributed by atoms with Gasteiger partial charge in [0.15, 0.2) is 0 Å². The second kappa shape index (κ2) is 4.13. The van der Waals surface area contributed by atoms with Crippen LogP contribution < -0.4 is 0 Å². The topological polar surface area (TPSA) is 23.5 Å². The van der Waals surface area contributed by atoms with Crippen molar-refractivity contribution < 1.29 is 5.11 Å². The molecule has 2 saturated heterocycles. The molecule has 2 fully saturated rings. The van der Waals surface area contributed by atoms with Crippen LogP contribution in [0.1, 0.15) is 37.4 Å². The molecule has 88 valence electrons. The van der Waals surface area contributed by atoms with Crippen LogP contribution >= 0.6 is 11.3 Å². The van der Waals surface area contributed by atoms with Gasteiger partial charge in [-0.25, -0.2) is 0 Å². The van der Waals surface area contributed by atoms with Crippen molar-refractivity contribution in [2.75, 3.05) is 7.05 Å². The first kappa shape index (κ1) is 10.8. The summed E-state index contributed by atoms with van der Waals surface area (Å²) in [7, 11) is 2.25. The number of nitrogens with zero attached hydrogens (tertiary/aromatic N) is 1. The zero-order valence-corrected chi connectivity index (χ0v) is 10.5. The second-order valence-corrected chi connectivity index (χ2v) is 6.06. The number of aliphatic hydroxyl groups is 1. The Labute approximate surface area is 101 Å². The van der Waals surface area contributed by atoms with Gasteiger partial charge in [0.1, 0.15) is 0 Å². The first-order valence-corrected chi connectivity index (χ1v) is 7.12. The van der Waals surface area contributed by atoms with Crippen molar-refractivity contribution in [3.8, 4) is 0 Å². The molecule has 0 saturated carbocycles. The molecule has 3 heterocycles. The maximum atomic E-state index is 10.4. The lowest BCUT2D eigenvalue weighted by molar-refractivity contribution is 0.0359. The van der Waals surface area contributed by atoms with E-state index < -0.39 is 0 Å². The van der Waals surface area contributed by atoms with Gasteiger partial charge in [-0.2, -0.15) is 11.3 Å². The summed E-state index contributed by atoms with van der Waals surface area (Å²) in [6, 6.07) is 3.50. The molecule has 1 aromatic heterocycles. The average Bonchev–Trinajstić information content (AvgIpc) is 2.85. The van der Waals surface area contributed by atoms with Crippen LogP contribution in [0.3, 0.4) is 0 Å². The van der Waals surface area contributed by atoms with E-state index in [0.29, 0.717) is 5.92 Å². The van der Waals surface area contributed by atoms with Crippen molar-refractivity contribution in [1.82, 2.24) is 4.90 Å². The number of piperidine rings is 1. The van der Waals surface area contributed by atoms with Crippen LogP contribution in [0, 0.1) is 5.92 Å². The molecule has 16 heavy (non-hydrogen) atoms. The van der Waals surface area contributed by atoms with E-state index >= 15 is 0 Å². The lowest BCUT2D eigenvalue weighted by atomic mass is 9.84. The number of aliphatic hydroxyl groups excluding tert-OH is 1. The van der Waals surface area contributed by atoms with Gasteiger partial charge in [0, 0.05) is 12.1 Å². The largest absolute Gasteiger partial charge is 0.388 e. The van der Waals surface area contributed by atoms with E-state index in [1.54, 1.807) is 11.3 Å². The van der Waals surface area contributed by atoms with Crippen molar-refractivity contribution in [2.24, 2.45) is 5.92 Å². The number of hydrogen-bond donors (Lipinski definition) is 1. The molecule has 2 nitrogen and oxygen atoms in total. The summed E-state index contributed by atoms with van der Waals surface area (Å²) in [5.41, 5.74) is 1.12. The van der Waals surface area contributed by atoms with Crippen molar-refractivity contribution in [1.29, 1.82) is 0 Å². The Morgan fingerprint density at radius 2 is 2.06 bits per heavy atom. The van der Waals surface area contributed by atoms with Crippen LogP contribution in [0.5, 0.6) is 0 Å². The van der Waals surface area contributed by atoms with E-state index in [1.165, 1.54) is 25.7 Å². The molecule has 3 atom stereocenters. The minimum atomic E-state index is -0.233. The van der Waals surface area contributed by atoms with E-state index in [0.717, 1.165) is 17.6 Å². The number of fused-ring (bicyclic) bond motifs is 2. The van der Waals surface area contributed by atoms with Gasteiger partial charge in [0.25, 0.3) is 0 Å². The Morgan fingerprint density at radius 1 is 1.38 bits per heavy atom. The van der Waals surface area contributed by atoms with Gasteiger partial charge in [0.05, 0.1) is 6.10 Å². The summed E-state index contributed by atoms with van der Waals surface area (Å²) >= 11 is 1.68. The van der Waals surface area contributed by atoms with Gasteiger partial charge in [-0.3, -0.25) is 0 Å². The van der Waals surface area contributed by atoms with Crippen LogP contribution in [-0.2, 0) is 0 Å².